The van der Waals surface area contributed by atoms with Crippen LogP contribution in [0.4, 0.5) is 0 Å². The van der Waals surface area contributed by atoms with E-state index in [2.05, 4.69) is 24.4 Å². The third-order valence-corrected chi connectivity index (χ3v) is 5.04. The number of carbonyl (C=O) groups excluding carboxylic acids is 2. The average molecular weight is 381 g/mol. The Balaban J connectivity index is 2.19. The average Bonchev–Trinajstić information content (AvgIpc) is 2.69. The van der Waals surface area contributed by atoms with E-state index in [1.807, 2.05) is 57.2 Å². The molecular weight excluding hydrogens is 348 g/mol. The van der Waals surface area contributed by atoms with E-state index in [1.54, 1.807) is 4.90 Å². The van der Waals surface area contributed by atoms with Crippen LogP contribution in [0.25, 0.3) is 0 Å². The number of aryl methyl sites for hydroxylation is 2. The maximum Gasteiger partial charge on any atom is 0.242 e. The minimum atomic E-state index is -0.519. The monoisotopic (exact) mass is 380 g/mol. The van der Waals surface area contributed by atoms with Crippen LogP contribution in [0.15, 0.2) is 48.5 Å². The molecule has 0 spiro atoms. The summed E-state index contributed by atoms with van der Waals surface area (Å²) in [6, 6.07) is 15.5. The first-order valence-electron chi connectivity index (χ1n) is 10.1. The third kappa shape index (κ3) is 6.22. The second-order valence-corrected chi connectivity index (χ2v) is 7.43. The molecule has 4 heteroatoms. The van der Waals surface area contributed by atoms with Gasteiger partial charge in [0.2, 0.25) is 11.8 Å². The Morgan fingerprint density at radius 3 is 2.46 bits per heavy atom. The minimum absolute atomic E-state index is 0.0318. The highest BCUT2D eigenvalue weighted by atomic mass is 16.2. The van der Waals surface area contributed by atoms with Gasteiger partial charge in [-0.15, -0.1) is 0 Å². The number of benzene rings is 2. The number of nitrogens with zero attached hydrogens (tertiary/aromatic N) is 1. The summed E-state index contributed by atoms with van der Waals surface area (Å²) in [6.45, 7) is 9.01. The van der Waals surface area contributed by atoms with E-state index in [0.29, 0.717) is 19.5 Å². The second kappa shape index (κ2) is 10.6. The number of nitrogens with one attached hydrogen (secondary N) is 1. The van der Waals surface area contributed by atoms with Crippen LogP contribution in [0.5, 0.6) is 0 Å². The quantitative estimate of drug-likeness (QED) is 0.664. The molecule has 28 heavy (non-hydrogen) atoms. The van der Waals surface area contributed by atoms with E-state index < -0.39 is 6.04 Å². The van der Waals surface area contributed by atoms with Crippen LogP contribution in [0.3, 0.4) is 0 Å². The van der Waals surface area contributed by atoms with E-state index in [4.69, 9.17) is 0 Å². The van der Waals surface area contributed by atoms with Crippen molar-refractivity contribution in [3.63, 3.8) is 0 Å². The number of unbranched alkanes of at least 4 members (excludes halogenated alkanes) is 1. The van der Waals surface area contributed by atoms with Crippen molar-refractivity contribution < 1.29 is 9.59 Å². The van der Waals surface area contributed by atoms with Gasteiger partial charge in [-0.3, -0.25) is 9.59 Å². The molecule has 0 aliphatic heterocycles. The Hall–Kier alpha value is -2.62. The van der Waals surface area contributed by atoms with E-state index in [0.717, 1.165) is 35.1 Å². The summed E-state index contributed by atoms with van der Waals surface area (Å²) in [5.74, 6) is -0.130. The van der Waals surface area contributed by atoms with Gasteiger partial charge < -0.3 is 10.2 Å². The Bertz CT molecular complexity index is 786. The Morgan fingerprint density at radius 2 is 1.79 bits per heavy atom. The zero-order chi connectivity index (χ0) is 20.5. The summed E-state index contributed by atoms with van der Waals surface area (Å²) in [4.78, 5) is 27.5. The fourth-order valence-electron chi connectivity index (χ4n) is 3.15. The van der Waals surface area contributed by atoms with Crippen molar-refractivity contribution in [3.8, 4) is 0 Å². The molecule has 1 atom stereocenters. The predicted molar refractivity (Wildman–Crippen MR) is 114 cm³/mol. The van der Waals surface area contributed by atoms with Crippen LogP contribution >= 0.6 is 0 Å². The fraction of sp³-hybridized carbons (Fsp3) is 0.417. The highest BCUT2D eigenvalue weighted by Crippen LogP contribution is 2.16. The lowest BCUT2D eigenvalue weighted by Gasteiger charge is -2.29. The molecule has 2 aromatic rings. The molecule has 150 valence electrons. The lowest BCUT2D eigenvalue weighted by atomic mass is 10.0. The SMILES string of the molecule is CCCCNC(=O)[C@@H](C)N(Cc1ccccc1)C(=O)Cc1cc(C)ccc1C. The van der Waals surface area contributed by atoms with Crippen molar-refractivity contribution in [3.05, 3.63) is 70.8 Å². The Kier molecular flexibility index (Phi) is 8.24. The number of carbonyl (C=O) groups is 2. The molecule has 0 unspecified atom stereocenters. The number of hydrogen-bond acceptors (Lipinski definition) is 2. The lowest BCUT2D eigenvalue weighted by molar-refractivity contribution is -0.140. The summed E-state index contributed by atoms with van der Waals surface area (Å²) in [5, 5.41) is 2.96. The number of hydrogen-bond donors (Lipinski definition) is 1. The zero-order valence-electron chi connectivity index (χ0n) is 17.5. The van der Waals surface area contributed by atoms with E-state index in [-0.39, 0.29) is 11.8 Å². The highest BCUT2D eigenvalue weighted by Gasteiger charge is 2.26. The van der Waals surface area contributed by atoms with Gasteiger partial charge in [0, 0.05) is 13.1 Å². The van der Waals surface area contributed by atoms with Crippen molar-refractivity contribution in [2.45, 2.75) is 59.5 Å². The van der Waals surface area contributed by atoms with Crippen LogP contribution in [0, 0.1) is 13.8 Å². The normalized spacial score (nSPS) is 11.7. The predicted octanol–water partition coefficient (Wildman–Crippen LogP) is 4.18. The smallest absolute Gasteiger partial charge is 0.242 e. The van der Waals surface area contributed by atoms with E-state index in [9.17, 15) is 9.59 Å². The maximum absolute atomic E-state index is 13.2. The standard InChI is InChI=1S/C24H32N2O2/c1-5-6-14-25-24(28)20(4)26(17-21-10-8-7-9-11-21)23(27)16-22-15-18(2)12-13-19(22)3/h7-13,15,20H,5-6,14,16-17H2,1-4H3,(H,25,28)/t20-/m1/s1. The molecule has 2 amide bonds. The summed E-state index contributed by atoms with van der Waals surface area (Å²) in [6.07, 6.45) is 2.26. The molecule has 2 rings (SSSR count). The molecule has 0 fully saturated rings. The molecule has 2 aromatic carbocycles. The lowest BCUT2D eigenvalue weighted by Crippen LogP contribution is -2.48. The first kappa shape index (κ1) is 21.7. The first-order valence-corrected chi connectivity index (χ1v) is 10.1. The molecule has 0 aromatic heterocycles. The summed E-state index contributed by atoms with van der Waals surface area (Å²) in [7, 11) is 0. The molecule has 4 nitrogen and oxygen atoms in total. The van der Waals surface area contributed by atoms with Crippen LogP contribution in [-0.4, -0.2) is 29.3 Å². The van der Waals surface area contributed by atoms with E-state index in [1.165, 1.54) is 0 Å². The zero-order valence-corrected chi connectivity index (χ0v) is 17.5. The maximum atomic E-state index is 13.2. The van der Waals surface area contributed by atoms with Crippen molar-refractivity contribution in [2.75, 3.05) is 6.54 Å². The first-order chi connectivity index (χ1) is 13.4. The van der Waals surface area contributed by atoms with Crippen molar-refractivity contribution in [2.24, 2.45) is 0 Å². The topological polar surface area (TPSA) is 49.4 Å². The molecule has 0 bridgehead atoms. The highest BCUT2D eigenvalue weighted by molar-refractivity contribution is 5.88. The van der Waals surface area contributed by atoms with Crippen LogP contribution in [-0.2, 0) is 22.6 Å². The largest absolute Gasteiger partial charge is 0.354 e. The summed E-state index contributed by atoms with van der Waals surface area (Å²) < 4.78 is 0. The Morgan fingerprint density at radius 1 is 1.07 bits per heavy atom. The fourth-order valence-corrected chi connectivity index (χ4v) is 3.15. The van der Waals surface area contributed by atoms with Gasteiger partial charge >= 0.3 is 0 Å². The molecule has 0 saturated carbocycles. The van der Waals surface area contributed by atoms with Crippen LogP contribution in [0.2, 0.25) is 0 Å². The van der Waals surface area contributed by atoms with Gasteiger partial charge in [0.15, 0.2) is 0 Å². The summed E-state index contributed by atoms with van der Waals surface area (Å²) >= 11 is 0. The van der Waals surface area contributed by atoms with E-state index >= 15 is 0 Å². The summed E-state index contributed by atoms with van der Waals surface area (Å²) in [5.41, 5.74) is 4.26. The van der Waals surface area contributed by atoms with Gasteiger partial charge in [0.1, 0.15) is 6.04 Å². The second-order valence-electron chi connectivity index (χ2n) is 7.43. The molecule has 0 aliphatic rings. The number of amides is 2. The van der Waals surface area contributed by atoms with Gasteiger partial charge in [-0.2, -0.15) is 0 Å². The van der Waals surface area contributed by atoms with Gasteiger partial charge in [-0.1, -0.05) is 67.4 Å². The Labute approximate surface area is 169 Å². The van der Waals surface area contributed by atoms with Gasteiger partial charge in [0.05, 0.1) is 6.42 Å². The van der Waals surface area contributed by atoms with Crippen molar-refractivity contribution in [1.29, 1.82) is 0 Å². The molecular formula is C24H32N2O2. The van der Waals surface area contributed by atoms with Gasteiger partial charge in [0.25, 0.3) is 0 Å². The molecule has 0 radical (unpaired) electrons. The van der Waals surface area contributed by atoms with Crippen molar-refractivity contribution >= 4 is 11.8 Å². The molecule has 0 heterocycles. The van der Waals surface area contributed by atoms with Gasteiger partial charge in [-0.05, 0) is 43.9 Å². The van der Waals surface area contributed by atoms with Crippen LogP contribution < -0.4 is 5.32 Å². The molecule has 0 saturated heterocycles. The van der Waals surface area contributed by atoms with Crippen molar-refractivity contribution in [1.82, 2.24) is 10.2 Å². The minimum Gasteiger partial charge on any atom is -0.354 e. The molecule has 1 N–H and O–H groups in total. The third-order valence-electron chi connectivity index (χ3n) is 5.04. The van der Waals surface area contributed by atoms with Gasteiger partial charge in [-0.25, -0.2) is 0 Å². The van der Waals surface area contributed by atoms with Crippen LogP contribution in [0.1, 0.15) is 48.9 Å². The molecule has 0 aliphatic carbocycles. The number of rotatable bonds is 9.